The molecular weight excluding hydrogens is 398 g/mol. The van der Waals surface area contributed by atoms with Gasteiger partial charge in [-0.3, -0.25) is 4.98 Å². The van der Waals surface area contributed by atoms with Crippen LogP contribution in [0.4, 0.5) is 0 Å². The highest BCUT2D eigenvalue weighted by Crippen LogP contribution is 2.16. The molecule has 0 saturated heterocycles. The Balaban J connectivity index is 0.000000230. The summed E-state index contributed by atoms with van der Waals surface area (Å²) in [5.41, 5.74) is 8.58. The van der Waals surface area contributed by atoms with E-state index < -0.39 is 0 Å². The summed E-state index contributed by atoms with van der Waals surface area (Å²) in [6.45, 7) is 0.0286. The van der Waals surface area contributed by atoms with E-state index in [1.165, 1.54) is 0 Å². The van der Waals surface area contributed by atoms with Gasteiger partial charge in [-0.2, -0.15) is 0 Å². The molecule has 156 valence electrons. The fourth-order valence-electron chi connectivity index (χ4n) is 3.44. The molecule has 2 aliphatic heterocycles. The molecule has 4 aromatic heterocycles. The summed E-state index contributed by atoms with van der Waals surface area (Å²) < 4.78 is 0. The molecular formula is C26H21N5O. The van der Waals surface area contributed by atoms with E-state index in [0.717, 1.165) is 44.8 Å². The number of hydrogen-bond donors (Lipinski definition) is 3. The SMILES string of the molecule is C1=Cc2cc3ccc(cc4nc(cc5ccc(cc1n2)[nH]5)C=C4)[nH]3.OCc1ccccn1. The molecule has 6 heteroatoms. The Bertz CT molecular complexity index is 1290. The van der Waals surface area contributed by atoms with E-state index >= 15 is 0 Å². The van der Waals surface area contributed by atoms with E-state index in [0.29, 0.717) is 5.69 Å². The lowest BCUT2D eigenvalue weighted by Gasteiger charge is -1.88. The maximum absolute atomic E-state index is 8.48. The number of aliphatic hydroxyl groups is 1. The largest absolute Gasteiger partial charge is 0.390 e. The third kappa shape index (κ3) is 4.71. The van der Waals surface area contributed by atoms with Crippen LogP contribution in [0.15, 0.2) is 72.9 Å². The first-order valence-electron chi connectivity index (χ1n) is 10.3. The lowest BCUT2D eigenvalue weighted by atomic mass is 10.3. The molecule has 0 saturated carbocycles. The first kappa shape index (κ1) is 19.7. The lowest BCUT2D eigenvalue weighted by Crippen LogP contribution is -1.84. The van der Waals surface area contributed by atoms with E-state index in [1.807, 2.05) is 60.7 Å². The van der Waals surface area contributed by atoms with E-state index in [4.69, 9.17) is 5.11 Å². The number of nitrogens with one attached hydrogen (secondary N) is 2. The Morgan fingerprint density at radius 1 is 0.594 bits per heavy atom. The quantitative estimate of drug-likeness (QED) is 0.340. The number of hydrogen-bond acceptors (Lipinski definition) is 4. The number of H-pyrrole nitrogens is 2. The third-order valence-corrected chi connectivity index (χ3v) is 4.93. The van der Waals surface area contributed by atoms with Crippen LogP contribution in [0, 0.1) is 0 Å². The van der Waals surface area contributed by atoms with Gasteiger partial charge in [0.15, 0.2) is 0 Å². The predicted octanol–water partition coefficient (Wildman–Crippen LogP) is 5.23. The average Bonchev–Trinajstić information content (AvgIpc) is 3.61. The molecule has 3 N–H and O–H groups in total. The van der Waals surface area contributed by atoms with Crippen molar-refractivity contribution in [1.29, 1.82) is 0 Å². The summed E-state index contributed by atoms with van der Waals surface area (Å²) in [6, 6.07) is 21.8. The van der Waals surface area contributed by atoms with Crippen molar-refractivity contribution >= 4 is 46.4 Å². The zero-order chi connectivity index (χ0) is 21.8. The average molecular weight is 419 g/mol. The van der Waals surface area contributed by atoms with Crippen LogP contribution in [0.3, 0.4) is 0 Å². The second-order valence-corrected chi connectivity index (χ2v) is 7.38. The topological polar surface area (TPSA) is 90.5 Å². The summed E-state index contributed by atoms with van der Waals surface area (Å²) in [7, 11) is 0. The number of rotatable bonds is 1. The zero-order valence-corrected chi connectivity index (χ0v) is 17.2. The highest BCUT2D eigenvalue weighted by molar-refractivity contribution is 5.77. The molecule has 6 heterocycles. The van der Waals surface area contributed by atoms with Crippen molar-refractivity contribution in [3.8, 4) is 0 Å². The molecule has 0 aliphatic carbocycles. The van der Waals surface area contributed by atoms with Crippen LogP contribution in [0.25, 0.3) is 46.4 Å². The van der Waals surface area contributed by atoms with Crippen LogP contribution in [-0.4, -0.2) is 30.0 Å². The van der Waals surface area contributed by atoms with Crippen LogP contribution in [0.2, 0.25) is 0 Å². The number of aliphatic hydroxyl groups excluding tert-OH is 1. The van der Waals surface area contributed by atoms with Gasteiger partial charge in [0.1, 0.15) is 0 Å². The van der Waals surface area contributed by atoms with Crippen LogP contribution < -0.4 is 0 Å². The number of aromatic nitrogens is 5. The molecule has 0 atom stereocenters. The van der Waals surface area contributed by atoms with Crippen LogP contribution in [0.1, 0.15) is 28.5 Å². The smallest absolute Gasteiger partial charge is 0.0852 e. The highest BCUT2D eigenvalue weighted by atomic mass is 16.3. The monoisotopic (exact) mass is 419 g/mol. The first-order valence-corrected chi connectivity index (χ1v) is 10.3. The summed E-state index contributed by atoms with van der Waals surface area (Å²) >= 11 is 0. The molecule has 0 fully saturated rings. The van der Waals surface area contributed by atoms with E-state index in [-0.39, 0.29) is 6.61 Å². The Morgan fingerprint density at radius 2 is 1.03 bits per heavy atom. The van der Waals surface area contributed by atoms with Crippen molar-refractivity contribution in [3.05, 3.63) is 101 Å². The molecule has 6 rings (SSSR count). The molecule has 2 aliphatic rings. The van der Waals surface area contributed by atoms with Gasteiger partial charge in [-0.25, -0.2) is 9.97 Å². The Kier molecular flexibility index (Phi) is 5.43. The molecule has 0 radical (unpaired) electrons. The number of nitrogens with zero attached hydrogens (tertiary/aromatic N) is 3. The van der Waals surface area contributed by atoms with E-state index in [1.54, 1.807) is 12.3 Å². The molecule has 32 heavy (non-hydrogen) atoms. The van der Waals surface area contributed by atoms with Crippen molar-refractivity contribution in [2.75, 3.05) is 0 Å². The standard InChI is InChI=1S/C20H14N4.C6H7NO/c1-2-14-10-16-5-6-18(23-16)12-20-8-7-19(24-20)11-17-4-3-15(22-17)9-13(1)21-14;8-5-6-3-1-2-4-7-6/h1-12,21,24H;1-4,8H,5H2. The number of pyridine rings is 1. The van der Waals surface area contributed by atoms with Gasteiger partial charge in [0.2, 0.25) is 0 Å². The molecule has 0 aromatic carbocycles. The molecule has 0 amide bonds. The van der Waals surface area contributed by atoms with Crippen molar-refractivity contribution < 1.29 is 5.11 Å². The van der Waals surface area contributed by atoms with Crippen molar-refractivity contribution in [3.63, 3.8) is 0 Å². The van der Waals surface area contributed by atoms with Gasteiger partial charge >= 0.3 is 0 Å². The van der Waals surface area contributed by atoms with Gasteiger partial charge in [0.05, 0.1) is 35.1 Å². The van der Waals surface area contributed by atoms with Crippen LogP contribution in [0.5, 0.6) is 0 Å². The van der Waals surface area contributed by atoms with Crippen LogP contribution >= 0.6 is 0 Å². The van der Waals surface area contributed by atoms with E-state index in [9.17, 15) is 0 Å². The minimum absolute atomic E-state index is 0.0286. The molecule has 0 unspecified atom stereocenters. The fraction of sp³-hybridized carbons (Fsp3) is 0.0385. The summed E-state index contributed by atoms with van der Waals surface area (Å²) in [5.74, 6) is 0. The minimum atomic E-state index is 0.0286. The zero-order valence-electron chi connectivity index (χ0n) is 17.2. The van der Waals surface area contributed by atoms with E-state index in [2.05, 4.69) is 49.2 Å². The molecule has 0 spiro atoms. The second kappa shape index (κ2) is 8.83. The number of fused-ring (bicyclic) bond motifs is 8. The fourth-order valence-corrected chi connectivity index (χ4v) is 3.44. The lowest BCUT2D eigenvalue weighted by molar-refractivity contribution is 0.277. The number of aromatic amines is 2. The first-order chi connectivity index (χ1) is 15.7. The van der Waals surface area contributed by atoms with Gasteiger partial charge in [0.25, 0.3) is 0 Å². The Labute approximate surface area is 184 Å². The van der Waals surface area contributed by atoms with Gasteiger partial charge in [-0.05, 0) is 85.0 Å². The minimum Gasteiger partial charge on any atom is -0.390 e. The van der Waals surface area contributed by atoms with Crippen LogP contribution in [-0.2, 0) is 6.61 Å². The molecule has 6 nitrogen and oxygen atoms in total. The highest BCUT2D eigenvalue weighted by Gasteiger charge is 2.01. The Morgan fingerprint density at radius 3 is 1.34 bits per heavy atom. The Hall–Kier alpha value is -4.29. The maximum Gasteiger partial charge on any atom is 0.0852 e. The third-order valence-electron chi connectivity index (χ3n) is 4.93. The summed E-state index contributed by atoms with van der Waals surface area (Å²) in [5, 5.41) is 8.48. The molecule has 8 bridgehead atoms. The van der Waals surface area contributed by atoms with Gasteiger partial charge in [-0.1, -0.05) is 6.07 Å². The van der Waals surface area contributed by atoms with Crippen molar-refractivity contribution in [1.82, 2.24) is 24.9 Å². The summed E-state index contributed by atoms with van der Waals surface area (Å²) in [6.07, 6.45) is 9.75. The normalized spacial score (nSPS) is 11.8. The van der Waals surface area contributed by atoms with Gasteiger partial charge in [-0.15, -0.1) is 0 Å². The van der Waals surface area contributed by atoms with Crippen molar-refractivity contribution in [2.24, 2.45) is 0 Å². The predicted molar refractivity (Wildman–Crippen MR) is 129 cm³/mol. The van der Waals surface area contributed by atoms with Crippen molar-refractivity contribution in [2.45, 2.75) is 6.61 Å². The van der Waals surface area contributed by atoms with Gasteiger partial charge < -0.3 is 15.1 Å². The maximum atomic E-state index is 8.48. The van der Waals surface area contributed by atoms with Gasteiger partial charge in [0, 0.05) is 28.3 Å². The summed E-state index contributed by atoms with van der Waals surface area (Å²) in [4.78, 5) is 19.9. The second-order valence-electron chi connectivity index (χ2n) is 7.38. The molecule has 4 aromatic rings.